The molecule has 2 rings (SSSR count). The molecule has 2 aliphatic carbocycles. The zero-order valence-corrected chi connectivity index (χ0v) is 11.0. The molecule has 0 nitrogen and oxygen atoms in total. The van der Waals surface area contributed by atoms with Crippen LogP contribution in [-0.2, 0) is 0 Å². The van der Waals surface area contributed by atoms with Gasteiger partial charge in [-0.05, 0) is 11.1 Å². The molecule has 0 atom stereocenters. The molecule has 0 aromatic carbocycles. The lowest BCUT2D eigenvalue weighted by Crippen LogP contribution is -2.55. The van der Waals surface area contributed by atoms with Crippen LogP contribution in [0.15, 0.2) is 0 Å². The summed E-state index contributed by atoms with van der Waals surface area (Å²) < 4.78 is 0. The van der Waals surface area contributed by atoms with Gasteiger partial charge in [0, 0.05) is 15.2 Å². The normalized spacial score (nSPS) is 26.0. The van der Waals surface area contributed by atoms with Crippen molar-refractivity contribution < 1.29 is 0 Å². The molecule has 2 saturated carbocycles. The molecule has 0 aliphatic heterocycles. The van der Waals surface area contributed by atoms with Crippen molar-refractivity contribution in [2.45, 2.75) is 63.0 Å². The van der Waals surface area contributed by atoms with Gasteiger partial charge in [0.15, 0.2) is 0 Å². The van der Waals surface area contributed by atoms with Gasteiger partial charge < -0.3 is 0 Å². The summed E-state index contributed by atoms with van der Waals surface area (Å²) in [5, 5.41) is 0. The molecule has 0 radical (unpaired) electrons. The molecule has 2 heteroatoms. The molecular formula is C10H22Si2. The molecule has 0 heterocycles. The van der Waals surface area contributed by atoms with Crippen molar-refractivity contribution in [2.24, 2.45) is 0 Å². The fraction of sp³-hybridized carbons (Fsp3) is 1.00. The SMILES string of the molecule is C[Si](C)(C1CC1)[Si](C)(C)C1CC1. The van der Waals surface area contributed by atoms with Gasteiger partial charge in [-0.1, -0.05) is 51.9 Å². The van der Waals surface area contributed by atoms with E-state index in [0.29, 0.717) is 0 Å². The maximum Gasteiger partial charge on any atom is 0.0446 e. The summed E-state index contributed by atoms with van der Waals surface area (Å²) in [7, 11) is -1.52. The smallest absolute Gasteiger partial charge is 0.0446 e. The first kappa shape index (κ1) is 9.01. The first-order valence-electron chi connectivity index (χ1n) is 5.46. The van der Waals surface area contributed by atoms with Gasteiger partial charge in [0.25, 0.3) is 0 Å². The van der Waals surface area contributed by atoms with E-state index in [-0.39, 0.29) is 0 Å². The third-order valence-electron chi connectivity index (χ3n) is 4.86. The third kappa shape index (κ3) is 1.23. The second-order valence-corrected chi connectivity index (χ2v) is 22.2. The molecule has 2 fully saturated rings. The summed E-state index contributed by atoms with van der Waals surface area (Å²) in [6, 6.07) is 0. The van der Waals surface area contributed by atoms with Crippen molar-refractivity contribution in [1.29, 1.82) is 0 Å². The van der Waals surface area contributed by atoms with Gasteiger partial charge >= 0.3 is 0 Å². The highest BCUT2D eigenvalue weighted by atomic mass is 29.3. The van der Waals surface area contributed by atoms with E-state index in [4.69, 9.17) is 0 Å². The zero-order chi connectivity index (χ0) is 8.98. The largest absolute Gasteiger partial charge is 0.0711 e. The molecule has 12 heavy (non-hydrogen) atoms. The van der Waals surface area contributed by atoms with Crippen molar-refractivity contribution in [3.05, 3.63) is 0 Å². The van der Waals surface area contributed by atoms with Gasteiger partial charge in [0.2, 0.25) is 0 Å². The van der Waals surface area contributed by atoms with Crippen LogP contribution in [0.5, 0.6) is 0 Å². The van der Waals surface area contributed by atoms with E-state index < -0.39 is 15.2 Å². The Morgan fingerprint density at radius 3 is 1.08 bits per heavy atom. The molecule has 0 amide bonds. The van der Waals surface area contributed by atoms with Crippen molar-refractivity contribution in [1.82, 2.24) is 0 Å². The molecule has 0 N–H and O–H groups in total. The fourth-order valence-electron chi connectivity index (χ4n) is 2.66. The van der Waals surface area contributed by atoms with Crippen LogP contribution in [0.3, 0.4) is 0 Å². The quantitative estimate of drug-likeness (QED) is 0.605. The summed E-state index contributed by atoms with van der Waals surface area (Å²) in [4.78, 5) is 0. The summed E-state index contributed by atoms with van der Waals surface area (Å²) in [6.45, 7) is 10.8. The lowest BCUT2D eigenvalue weighted by Gasteiger charge is -2.39. The van der Waals surface area contributed by atoms with Crippen LogP contribution >= 0.6 is 0 Å². The second-order valence-electron chi connectivity index (χ2n) is 5.99. The fourth-order valence-corrected chi connectivity index (χ4v) is 16.0. The Morgan fingerprint density at radius 1 is 0.667 bits per heavy atom. The van der Waals surface area contributed by atoms with Gasteiger partial charge in [-0.15, -0.1) is 0 Å². The molecule has 2 aliphatic rings. The van der Waals surface area contributed by atoms with Crippen LogP contribution in [0.25, 0.3) is 0 Å². The first-order valence-corrected chi connectivity index (χ1v) is 12.6. The van der Waals surface area contributed by atoms with Crippen molar-refractivity contribution in [3.8, 4) is 0 Å². The number of hydrogen-bond donors (Lipinski definition) is 0. The van der Waals surface area contributed by atoms with E-state index >= 15 is 0 Å². The Morgan fingerprint density at radius 2 is 0.917 bits per heavy atom. The van der Waals surface area contributed by atoms with Gasteiger partial charge in [-0.2, -0.15) is 0 Å². The summed E-state index contributed by atoms with van der Waals surface area (Å²) in [5.74, 6) is 0. The van der Waals surface area contributed by atoms with Crippen molar-refractivity contribution in [3.63, 3.8) is 0 Å². The standard InChI is InChI=1S/C10H22Si2/c1-11(2,9-5-6-9)12(3,4)10-7-8-10/h9-10H,5-8H2,1-4H3. The van der Waals surface area contributed by atoms with Crippen molar-refractivity contribution in [2.75, 3.05) is 0 Å². The van der Waals surface area contributed by atoms with E-state index in [0.717, 1.165) is 0 Å². The minimum atomic E-state index is -0.759. The predicted octanol–water partition coefficient (Wildman–Crippen LogP) is 3.81. The van der Waals surface area contributed by atoms with E-state index in [2.05, 4.69) is 26.2 Å². The van der Waals surface area contributed by atoms with Gasteiger partial charge in [-0.25, -0.2) is 0 Å². The van der Waals surface area contributed by atoms with Crippen LogP contribution in [0.1, 0.15) is 25.7 Å². The molecule has 0 aromatic rings. The highest BCUT2D eigenvalue weighted by Crippen LogP contribution is 2.56. The predicted molar refractivity (Wildman–Crippen MR) is 60.9 cm³/mol. The van der Waals surface area contributed by atoms with E-state index in [1.165, 1.54) is 11.1 Å². The maximum absolute atomic E-state index is 2.69. The Kier molecular flexibility index (Phi) is 1.86. The average Bonchev–Trinajstić information content (AvgIpc) is 2.82. The molecule has 0 unspecified atom stereocenters. The topological polar surface area (TPSA) is 0 Å². The monoisotopic (exact) mass is 198 g/mol. The number of hydrogen-bond acceptors (Lipinski definition) is 0. The molecular weight excluding hydrogens is 176 g/mol. The van der Waals surface area contributed by atoms with Gasteiger partial charge in [0.1, 0.15) is 0 Å². The van der Waals surface area contributed by atoms with Crippen LogP contribution in [-0.4, -0.2) is 15.2 Å². The minimum absolute atomic E-state index is 0.759. The lowest BCUT2D eigenvalue weighted by atomic mass is 11.0. The summed E-state index contributed by atoms with van der Waals surface area (Å²) in [6.07, 6.45) is 6.34. The van der Waals surface area contributed by atoms with Crippen LogP contribution in [0.4, 0.5) is 0 Å². The van der Waals surface area contributed by atoms with Gasteiger partial charge in [0.05, 0.1) is 0 Å². The highest BCUT2D eigenvalue weighted by Gasteiger charge is 2.56. The summed E-state index contributed by atoms with van der Waals surface area (Å²) in [5.41, 5.74) is 2.47. The third-order valence-corrected chi connectivity index (χ3v) is 25.8. The minimum Gasteiger partial charge on any atom is -0.0711 e. The Hall–Kier alpha value is 0.434. The van der Waals surface area contributed by atoms with Crippen LogP contribution < -0.4 is 0 Å². The second kappa shape index (κ2) is 2.47. The molecule has 0 spiro atoms. The Labute approximate surface area is 78.6 Å². The Balaban J connectivity index is 2.13. The average molecular weight is 198 g/mol. The summed E-state index contributed by atoms with van der Waals surface area (Å²) >= 11 is 0. The van der Waals surface area contributed by atoms with E-state index in [1.807, 2.05) is 0 Å². The van der Waals surface area contributed by atoms with Crippen LogP contribution in [0, 0.1) is 0 Å². The van der Waals surface area contributed by atoms with Crippen LogP contribution in [0.2, 0.25) is 37.3 Å². The highest BCUT2D eigenvalue weighted by molar-refractivity contribution is 7.42. The van der Waals surface area contributed by atoms with E-state index in [9.17, 15) is 0 Å². The molecule has 70 valence electrons. The Bertz CT molecular complexity index is 166. The molecule has 0 bridgehead atoms. The maximum atomic E-state index is 2.69. The van der Waals surface area contributed by atoms with E-state index in [1.54, 1.807) is 25.7 Å². The first-order chi connectivity index (χ1) is 5.46. The molecule has 0 saturated heterocycles. The number of rotatable bonds is 3. The zero-order valence-electron chi connectivity index (χ0n) is 8.98. The van der Waals surface area contributed by atoms with Crippen molar-refractivity contribution >= 4 is 15.2 Å². The molecule has 0 aromatic heterocycles. The lowest BCUT2D eigenvalue weighted by molar-refractivity contribution is 1.30. The van der Waals surface area contributed by atoms with Gasteiger partial charge in [-0.3, -0.25) is 0 Å².